The summed E-state index contributed by atoms with van der Waals surface area (Å²) in [5.41, 5.74) is 1.36. The Labute approximate surface area is 101 Å². The lowest BCUT2D eigenvalue weighted by Gasteiger charge is -2.22. The molecule has 0 atom stereocenters. The van der Waals surface area contributed by atoms with Gasteiger partial charge in [-0.05, 0) is 23.1 Å². The fourth-order valence-corrected chi connectivity index (χ4v) is 4.12. The van der Waals surface area contributed by atoms with Crippen LogP contribution in [0.4, 0.5) is 0 Å². The van der Waals surface area contributed by atoms with Crippen molar-refractivity contribution in [3.8, 4) is 0 Å². The summed E-state index contributed by atoms with van der Waals surface area (Å²) in [4.78, 5) is 0. The van der Waals surface area contributed by atoms with E-state index in [9.17, 15) is 0 Å². The van der Waals surface area contributed by atoms with E-state index in [2.05, 4.69) is 52.6 Å². The molecule has 1 rings (SSSR count). The van der Waals surface area contributed by atoms with Crippen LogP contribution < -0.4 is 0 Å². The SMILES string of the molecule is CC(C)(C)c1c(Br)cc(Cl)cc1Br. The largest absolute Gasteiger partial charge is 0.0843 e. The van der Waals surface area contributed by atoms with Crippen LogP contribution >= 0.6 is 43.5 Å². The average Bonchev–Trinajstić information content (AvgIpc) is 1.78. The number of hydrogen-bond donors (Lipinski definition) is 0. The minimum absolute atomic E-state index is 0.113. The number of benzene rings is 1. The van der Waals surface area contributed by atoms with Gasteiger partial charge in [0.2, 0.25) is 0 Å². The molecule has 1 aromatic carbocycles. The van der Waals surface area contributed by atoms with Crippen LogP contribution in [0.15, 0.2) is 21.1 Å². The highest BCUT2D eigenvalue weighted by atomic mass is 79.9. The van der Waals surface area contributed by atoms with E-state index in [-0.39, 0.29) is 5.41 Å². The van der Waals surface area contributed by atoms with Crippen LogP contribution in [0.5, 0.6) is 0 Å². The summed E-state index contributed by atoms with van der Waals surface area (Å²) in [6, 6.07) is 3.85. The molecule has 13 heavy (non-hydrogen) atoms. The van der Waals surface area contributed by atoms with Crippen LogP contribution in [0.1, 0.15) is 26.3 Å². The molecule has 0 heterocycles. The van der Waals surface area contributed by atoms with Crippen LogP contribution in [0.25, 0.3) is 0 Å². The van der Waals surface area contributed by atoms with E-state index in [1.54, 1.807) is 0 Å². The Balaban J connectivity index is 3.38. The maximum absolute atomic E-state index is 5.91. The molecule has 0 nitrogen and oxygen atoms in total. The monoisotopic (exact) mass is 324 g/mol. The maximum Gasteiger partial charge on any atom is 0.0428 e. The fraction of sp³-hybridized carbons (Fsp3) is 0.400. The van der Waals surface area contributed by atoms with Crippen molar-refractivity contribution in [3.05, 3.63) is 31.7 Å². The first kappa shape index (κ1) is 11.5. The normalized spacial score (nSPS) is 11.8. The zero-order valence-electron chi connectivity index (χ0n) is 7.79. The van der Waals surface area contributed by atoms with Gasteiger partial charge in [-0.1, -0.05) is 64.2 Å². The van der Waals surface area contributed by atoms with Gasteiger partial charge in [0.15, 0.2) is 0 Å². The third kappa shape index (κ3) is 2.71. The van der Waals surface area contributed by atoms with E-state index < -0.39 is 0 Å². The molecule has 0 saturated carbocycles. The predicted molar refractivity (Wildman–Crippen MR) is 65.6 cm³/mol. The van der Waals surface area contributed by atoms with Crippen LogP contribution in [0.2, 0.25) is 5.02 Å². The third-order valence-corrected chi connectivity index (χ3v) is 3.23. The van der Waals surface area contributed by atoms with Crippen LogP contribution in [0, 0.1) is 0 Å². The molecule has 0 fully saturated rings. The predicted octanol–water partition coefficient (Wildman–Crippen LogP) is 5.16. The van der Waals surface area contributed by atoms with E-state index in [1.807, 2.05) is 12.1 Å². The maximum atomic E-state index is 5.91. The van der Waals surface area contributed by atoms with Crippen molar-refractivity contribution in [1.29, 1.82) is 0 Å². The quantitative estimate of drug-likeness (QED) is 0.617. The first-order valence-corrected chi connectivity index (χ1v) is 5.94. The van der Waals surface area contributed by atoms with Crippen molar-refractivity contribution in [3.63, 3.8) is 0 Å². The zero-order valence-corrected chi connectivity index (χ0v) is 11.7. The Morgan fingerprint density at radius 1 is 1.08 bits per heavy atom. The van der Waals surface area contributed by atoms with Crippen molar-refractivity contribution < 1.29 is 0 Å². The summed E-state index contributed by atoms with van der Waals surface area (Å²) in [5, 5.41) is 0.742. The highest BCUT2D eigenvalue weighted by Gasteiger charge is 2.20. The molecule has 0 aliphatic carbocycles. The lowest BCUT2D eigenvalue weighted by atomic mass is 9.87. The summed E-state index contributed by atoms with van der Waals surface area (Å²) < 4.78 is 2.11. The van der Waals surface area contributed by atoms with E-state index >= 15 is 0 Å². The highest BCUT2D eigenvalue weighted by Crippen LogP contribution is 2.37. The molecule has 0 bridgehead atoms. The molecule has 0 aliphatic rings. The zero-order chi connectivity index (χ0) is 10.2. The van der Waals surface area contributed by atoms with Crippen molar-refractivity contribution in [2.45, 2.75) is 26.2 Å². The van der Waals surface area contributed by atoms with Gasteiger partial charge in [-0.15, -0.1) is 0 Å². The molecular weight excluding hydrogens is 315 g/mol. The van der Waals surface area contributed by atoms with Gasteiger partial charge >= 0.3 is 0 Å². The Bertz CT molecular complexity index is 303. The minimum Gasteiger partial charge on any atom is -0.0843 e. The standard InChI is InChI=1S/C10H11Br2Cl/c1-10(2,3)9-7(11)4-6(13)5-8(9)12/h4-5H,1-3H3. The van der Waals surface area contributed by atoms with Crippen molar-refractivity contribution in [2.24, 2.45) is 0 Å². The highest BCUT2D eigenvalue weighted by molar-refractivity contribution is 9.11. The second-order valence-electron chi connectivity index (χ2n) is 3.99. The van der Waals surface area contributed by atoms with Crippen LogP contribution in [0.3, 0.4) is 0 Å². The van der Waals surface area contributed by atoms with Gasteiger partial charge in [-0.3, -0.25) is 0 Å². The van der Waals surface area contributed by atoms with Gasteiger partial charge in [0, 0.05) is 14.0 Å². The smallest absolute Gasteiger partial charge is 0.0428 e. The van der Waals surface area contributed by atoms with Crippen LogP contribution in [-0.2, 0) is 5.41 Å². The number of halogens is 3. The minimum atomic E-state index is 0.113. The lowest BCUT2D eigenvalue weighted by Crippen LogP contribution is -2.12. The van der Waals surface area contributed by atoms with E-state index in [1.165, 1.54) is 5.56 Å². The summed E-state index contributed by atoms with van der Waals surface area (Å²) in [5.74, 6) is 0. The Kier molecular flexibility index (Phi) is 3.48. The Morgan fingerprint density at radius 2 is 1.46 bits per heavy atom. The Morgan fingerprint density at radius 3 is 1.77 bits per heavy atom. The summed E-state index contributed by atoms with van der Waals surface area (Å²) in [6.07, 6.45) is 0. The molecule has 0 aromatic heterocycles. The average molecular weight is 326 g/mol. The molecule has 0 amide bonds. The van der Waals surface area contributed by atoms with E-state index in [4.69, 9.17) is 11.6 Å². The van der Waals surface area contributed by atoms with Crippen molar-refractivity contribution in [2.75, 3.05) is 0 Å². The number of rotatable bonds is 0. The first-order valence-electron chi connectivity index (χ1n) is 3.97. The molecule has 0 aliphatic heterocycles. The Hall–Kier alpha value is 0.470. The molecule has 0 radical (unpaired) electrons. The second-order valence-corrected chi connectivity index (χ2v) is 6.14. The molecule has 0 spiro atoms. The molecular formula is C10H11Br2Cl. The molecule has 1 aromatic rings. The van der Waals surface area contributed by atoms with Gasteiger partial charge in [0.25, 0.3) is 0 Å². The molecule has 0 saturated heterocycles. The van der Waals surface area contributed by atoms with Crippen LogP contribution in [-0.4, -0.2) is 0 Å². The molecule has 0 N–H and O–H groups in total. The summed E-state index contributed by atoms with van der Waals surface area (Å²) in [6.45, 7) is 6.52. The van der Waals surface area contributed by atoms with Gasteiger partial charge in [0.1, 0.15) is 0 Å². The second kappa shape index (κ2) is 3.92. The number of hydrogen-bond acceptors (Lipinski definition) is 0. The first-order chi connectivity index (χ1) is 5.82. The lowest BCUT2D eigenvalue weighted by molar-refractivity contribution is 0.584. The fourth-order valence-electron chi connectivity index (χ4n) is 1.26. The van der Waals surface area contributed by atoms with Crippen molar-refractivity contribution >= 4 is 43.5 Å². The van der Waals surface area contributed by atoms with Gasteiger partial charge < -0.3 is 0 Å². The van der Waals surface area contributed by atoms with E-state index in [0.717, 1.165) is 14.0 Å². The van der Waals surface area contributed by atoms with E-state index in [0.29, 0.717) is 0 Å². The summed E-state index contributed by atoms with van der Waals surface area (Å²) >= 11 is 13.0. The van der Waals surface area contributed by atoms with Gasteiger partial charge in [0.05, 0.1) is 0 Å². The molecule has 72 valence electrons. The molecule has 0 unspecified atom stereocenters. The molecule has 3 heteroatoms. The van der Waals surface area contributed by atoms with Gasteiger partial charge in [-0.2, -0.15) is 0 Å². The third-order valence-electron chi connectivity index (χ3n) is 1.76. The van der Waals surface area contributed by atoms with Gasteiger partial charge in [-0.25, -0.2) is 0 Å². The van der Waals surface area contributed by atoms with Crippen molar-refractivity contribution in [1.82, 2.24) is 0 Å². The topological polar surface area (TPSA) is 0 Å². The summed E-state index contributed by atoms with van der Waals surface area (Å²) in [7, 11) is 0.